The van der Waals surface area contributed by atoms with Gasteiger partial charge in [-0.15, -0.1) is 0 Å². The Balaban J connectivity index is 3.23. The fraction of sp³-hybridized carbons (Fsp3) is 0.909. The zero-order chi connectivity index (χ0) is 20.0. The Morgan fingerprint density at radius 1 is 0.519 bits per heavy atom. The van der Waals surface area contributed by atoms with Crippen LogP contribution < -0.4 is 16.0 Å². The first-order valence-electron chi connectivity index (χ1n) is 11.4. The second-order valence-corrected chi connectivity index (χ2v) is 7.49. The van der Waals surface area contributed by atoms with Crippen LogP contribution in [0, 0.1) is 0 Å². The van der Waals surface area contributed by atoms with Crippen molar-refractivity contribution in [3.8, 4) is 0 Å². The molecule has 5 nitrogen and oxygen atoms in total. The lowest BCUT2D eigenvalue weighted by molar-refractivity contribution is -0.122. The maximum atomic E-state index is 11.7. The third-order valence-corrected chi connectivity index (χ3v) is 4.72. The van der Waals surface area contributed by atoms with Crippen LogP contribution in [0.5, 0.6) is 0 Å². The van der Waals surface area contributed by atoms with Crippen LogP contribution in [0.4, 0.5) is 0 Å². The van der Waals surface area contributed by atoms with E-state index < -0.39 is 0 Å². The van der Waals surface area contributed by atoms with Gasteiger partial charge in [-0.25, -0.2) is 0 Å². The van der Waals surface area contributed by atoms with E-state index >= 15 is 0 Å². The van der Waals surface area contributed by atoms with Gasteiger partial charge < -0.3 is 16.0 Å². The number of rotatable bonds is 20. The maximum Gasteiger partial charge on any atom is 0.219 e. The molecule has 0 aliphatic rings. The summed E-state index contributed by atoms with van der Waals surface area (Å²) >= 11 is 0. The van der Waals surface area contributed by atoms with Gasteiger partial charge in [-0.1, -0.05) is 65.2 Å². The largest absolute Gasteiger partial charge is 0.356 e. The van der Waals surface area contributed by atoms with E-state index in [2.05, 4.69) is 29.8 Å². The van der Waals surface area contributed by atoms with Gasteiger partial charge in [0.05, 0.1) is 0 Å². The van der Waals surface area contributed by atoms with E-state index in [0.29, 0.717) is 12.8 Å². The molecule has 160 valence electrons. The van der Waals surface area contributed by atoms with E-state index in [1.54, 1.807) is 0 Å². The highest BCUT2D eigenvalue weighted by molar-refractivity contribution is 5.76. The Labute approximate surface area is 167 Å². The number of unbranched alkanes of at least 4 members (excludes halogenated alkanes) is 8. The number of carbonyl (C=O) groups is 2. The van der Waals surface area contributed by atoms with Crippen molar-refractivity contribution < 1.29 is 9.59 Å². The van der Waals surface area contributed by atoms with E-state index in [1.165, 1.54) is 38.5 Å². The van der Waals surface area contributed by atoms with Gasteiger partial charge in [-0.2, -0.15) is 0 Å². The normalized spacial score (nSPS) is 10.7. The van der Waals surface area contributed by atoms with Gasteiger partial charge in [0.1, 0.15) is 0 Å². The van der Waals surface area contributed by atoms with Gasteiger partial charge in [0, 0.05) is 25.9 Å². The molecule has 0 aliphatic heterocycles. The maximum absolute atomic E-state index is 11.7. The summed E-state index contributed by atoms with van der Waals surface area (Å²) in [6, 6.07) is 0. The lowest BCUT2D eigenvalue weighted by Gasteiger charge is -2.08. The lowest BCUT2D eigenvalue weighted by Crippen LogP contribution is -2.29. The van der Waals surface area contributed by atoms with Gasteiger partial charge in [-0.3, -0.25) is 9.59 Å². The molecule has 3 N–H and O–H groups in total. The molecule has 0 aliphatic carbocycles. The van der Waals surface area contributed by atoms with E-state index in [4.69, 9.17) is 0 Å². The van der Waals surface area contributed by atoms with Crippen LogP contribution in [0.1, 0.15) is 104 Å². The van der Waals surface area contributed by atoms with E-state index in [1.807, 2.05) is 0 Å². The van der Waals surface area contributed by atoms with E-state index in [0.717, 1.165) is 64.7 Å². The lowest BCUT2D eigenvalue weighted by atomic mass is 10.1. The smallest absolute Gasteiger partial charge is 0.219 e. The summed E-state index contributed by atoms with van der Waals surface area (Å²) in [4.78, 5) is 23.3. The number of carbonyl (C=O) groups excluding carboxylic acids is 2. The van der Waals surface area contributed by atoms with Crippen molar-refractivity contribution >= 4 is 11.8 Å². The SMILES string of the molecule is CCCCCCCC(=O)NCCCNCCCNC(=O)CCCCCCC. The highest BCUT2D eigenvalue weighted by atomic mass is 16.2. The van der Waals surface area contributed by atoms with Crippen molar-refractivity contribution in [1.29, 1.82) is 0 Å². The summed E-state index contributed by atoms with van der Waals surface area (Å²) in [7, 11) is 0. The number of nitrogens with one attached hydrogen (secondary N) is 3. The molecule has 0 bridgehead atoms. The highest BCUT2D eigenvalue weighted by Gasteiger charge is 2.01. The summed E-state index contributed by atoms with van der Waals surface area (Å²) in [5, 5.41) is 9.34. The third kappa shape index (κ3) is 21.1. The Morgan fingerprint density at radius 2 is 0.926 bits per heavy atom. The molecule has 0 unspecified atom stereocenters. The molecule has 0 aromatic carbocycles. The van der Waals surface area contributed by atoms with Gasteiger partial charge in [0.25, 0.3) is 0 Å². The molecule has 0 aromatic heterocycles. The van der Waals surface area contributed by atoms with Crippen LogP contribution in [0.25, 0.3) is 0 Å². The Bertz CT molecular complexity index is 316. The van der Waals surface area contributed by atoms with Crippen molar-refractivity contribution in [2.75, 3.05) is 26.2 Å². The quantitative estimate of drug-likeness (QED) is 0.274. The fourth-order valence-corrected chi connectivity index (χ4v) is 2.96. The van der Waals surface area contributed by atoms with Crippen LogP contribution in [-0.4, -0.2) is 38.0 Å². The summed E-state index contributed by atoms with van der Waals surface area (Å²) < 4.78 is 0. The second kappa shape index (κ2) is 21.2. The average Bonchev–Trinajstić information content (AvgIpc) is 2.66. The van der Waals surface area contributed by atoms with Crippen LogP contribution in [-0.2, 0) is 9.59 Å². The monoisotopic (exact) mass is 383 g/mol. The average molecular weight is 384 g/mol. The van der Waals surface area contributed by atoms with E-state index in [9.17, 15) is 9.59 Å². The molecule has 0 atom stereocenters. The minimum atomic E-state index is 0.184. The Kier molecular flexibility index (Phi) is 20.3. The zero-order valence-corrected chi connectivity index (χ0v) is 18.0. The number of hydrogen-bond donors (Lipinski definition) is 3. The first-order valence-corrected chi connectivity index (χ1v) is 11.4. The highest BCUT2D eigenvalue weighted by Crippen LogP contribution is 2.05. The Hall–Kier alpha value is -1.10. The van der Waals surface area contributed by atoms with Crippen molar-refractivity contribution in [3.05, 3.63) is 0 Å². The minimum absolute atomic E-state index is 0.184. The van der Waals surface area contributed by atoms with E-state index in [-0.39, 0.29) is 11.8 Å². The molecule has 0 heterocycles. The van der Waals surface area contributed by atoms with Crippen LogP contribution in [0.2, 0.25) is 0 Å². The first-order chi connectivity index (χ1) is 13.2. The molecule has 0 fully saturated rings. The standard InChI is InChI=1S/C22H45N3O2/c1-3-5-7-9-11-15-21(26)24-19-13-17-23-18-14-20-25-22(27)16-12-10-8-6-4-2/h23H,3-20H2,1-2H3,(H,24,26)(H,25,27). The van der Waals surface area contributed by atoms with Gasteiger partial charge in [0.2, 0.25) is 11.8 Å². The predicted octanol–water partition coefficient (Wildman–Crippen LogP) is 4.31. The molecule has 0 spiro atoms. The second-order valence-electron chi connectivity index (χ2n) is 7.49. The Morgan fingerprint density at radius 3 is 1.33 bits per heavy atom. The fourth-order valence-electron chi connectivity index (χ4n) is 2.96. The molecule has 0 aromatic rings. The van der Waals surface area contributed by atoms with Gasteiger partial charge in [-0.05, 0) is 38.8 Å². The topological polar surface area (TPSA) is 70.2 Å². The number of amides is 2. The third-order valence-electron chi connectivity index (χ3n) is 4.72. The molecule has 2 amide bonds. The van der Waals surface area contributed by atoms with Crippen LogP contribution in [0.15, 0.2) is 0 Å². The molecule has 27 heavy (non-hydrogen) atoms. The van der Waals surface area contributed by atoms with Crippen molar-refractivity contribution in [1.82, 2.24) is 16.0 Å². The summed E-state index contributed by atoms with van der Waals surface area (Å²) in [5.41, 5.74) is 0. The molecule has 0 saturated heterocycles. The predicted molar refractivity (Wildman–Crippen MR) is 115 cm³/mol. The summed E-state index contributed by atoms with van der Waals surface area (Å²) in [5.74, 6) is 0.368. The van der Waals surface area contributed by atoms with Crippen molar-refractivity contribution in [3.63, 3.8) is 0 Å². The molecule has 0 radical (unpaired) electrons. The van der Waals surface area contributed by atoms with Gasteiger partial charge >= 0.3 is 0 Å². The van der Waals surface area contributed by atoms with Crippen molar-refractivity contribution in [2.24, 2.45) is 0 Å². The molecule has 0 rings (SSSR count). The van der Waals surface area contributed by atoms with Crippen LogP contribution >= 0.6 is 0 Å². The molecule has 5 heteroatoms. The first kappa shape index (κ1) is 25.9. The molecular weight excluding hydrogens is 338 g/mol. The zero-order valence-electron chi connectivity index (χ0n) is 18.0. The summed E-state index contributed by atoms with van der Waals surface area (Å²) in [6.07, 6.45) is 15.1. The van der Waals surface area contributed by atoms with Crippen molar-refractivity contribution in [2.45, 2.75) is 104 Å². The van der Waals surface area contributed by atoms with Gasteiger partial charge in [0.15, 0.2) is 0 Å². The number of hydrogen-bond acceptors (Lipinski definition) is 3. The molecule has 0 saturated carbocycles. The molecular formula is C22H45N3O2. The summed E-state index contributed by atoms with van der Waals surface area (Å²) in [6.45, 7) is 7.70. The minimum Gasteiger partial charge on any atom is -0.356 e. The van der Waals surface area contributed by atoms with Crippen LogP contribution in [0.3, 0.4) is 0 Å².